The van der Waals surface area contributed by atoms with Crippen molar-refractivity contribution in [3.63, 3.8) is 0 Å². The molecule has 0 amide bonds. The van der Waals surface area contributed by atoms with E-state index in [0.29, 0.717) is 30.3 Å². The Balaban J connectivity index is 1.75. The summed E-state index contributed by atoms with van der Waals surface area (Å²) in [6, 6.07) is 10.7. The second kappa shape index (κ2) is 8.38. The summed E-state index contributed by atoms with van der Waals surface area (Å²) in [6.07, 6.45) is 3.21. The third-order valence-corrected chi connectivity index (χ3v) is 6.98. The van der Waals surface area contributed by atoms with Crippen molar-refractivity contribution in [3.05, 3.63) is 63.2 Å². The van der Waals surface area contributed by atoms with Crippen molar-refractivity contribution < 1.29 is 13.3 Å². The minimum absolute atomic E-state index is 0.0591. The number of sulfonamides is 1. The van der Waals surface area contributed by atoms with E-state index < -0.39 is 14.9 Å². The molecule has 1 aliphatic rings. The van der Waals surface area contributed by atoms with Gasteiger partial charge in [0.15, 0.2) is 0 Å². The zero-order valence-electron chi connectivity index (χ0n) is 15.3. The van der Waals surface area contributed by atoms with Crippen molar-refractivity contribution in [2.75, 3.05) is 13.1 Å². The number of rotatable bonds is 5. The van der Waals surface area contributed by atoms with E-state index in [-0.39, 0.29) is 15.6 Å². The maximum atomic E-state index is 12.7. The molecule has 2 aromatic rings. The monoisotopic (exact) mass is 421 g/mol. The first-order chi connectivity index (χ1) is 13.3. The van der Waals surface area contributed by atoms with Gasteiger partial charge in [-0.2, -0.15) is 4.31 Å². The smallest absolute Gasteiger partial charge is 0.258 e. The lowest BCUT2D eigenvalue weighted by molar-refractivity contribution is -0.384. The zero-order valence-corrected chi connectivity index (χ0v) is 16.9. The van der Waals surface area contributed by atoms with E-state index in [1.165, 1.54) is 34.8 Å². The molecule has 1 aliphatic heterocycles. The van der Waals surface area contributed by atoms with Crippen LogP contribution in [0.25, 0.3) is 0 Å². The number of halogens is 1. The summed E-state index contributed by atoms with van der Waals surface area (Å²) < 4.78 is 27.0. The number of nitro groups is 1. The normalized spacial score (nSPS) is 16.5. The highest BCUT2D eigenvalue weighted by Crippen LogP contribution is 2.26. The molecular formula is C19H20ClN3O4S. The van der Waals surface area contributed by atoms with Crippen LogP contribution in [-0.4, -0.2) is 37.0 Å². The molecule has 0 bridgehead atoms. The van der Waals surface area contributed by atoms with Crippen molar-refractivity contribution >= 4 is 39.2 Å². The van der Waals surface area contributed by atoms with Crippen LogP contribution < -0.4 is 0 Å². The lowest BCUT2D eigenvalue weighted by Crippen LogP contribution is -2.37. The number of nitro benzene ring substituents is 1. The standard InChI is InChI=1S/C19H20ClN3O4S/c1-14-8-10-22(11-9-14)28(26,27)17-5-3-16(4-6-17)21-13-15-2-7-18(20)19(12-15)23(24)25/h2-7,12-14H,8-11H2,1H3. The minimum atomic E-state index is -3.50. The Morgan fingerprint density at radius 2 is 1.82 bits per heavy atom. The first-order valence-corrected chi connectivity index (χ1v) is 10.7. The van der Waals surface area contributed by atoms with Crippen LogP contribution in [0.4, 0.5) is 11.4 Å². The van der Waals surface area contributed by atoms with Crippen LogP contribution in [0.2, 0.25) is 5.02 Å². The van der Waals surface area contributed by atoms with Crippen molar-refractivity contribution in [1.29, 1.82) is 0 Å². The van der Waals surface area contributed by atoms with Gasteiger partial charge in [-0.15, -0.1) is 0 Å². The van der Waals surface area contributed by atoms with Crippen molar-refractivity contribution in [2.24, 2.45) is 10.9 Å². The van der Waals surface area contributed by atoms with E-state index in [9.17, 15) is 18.5 Å². The number of hydrogen-bond acceptors (Lipinski definition) is 5. The van der Waals surface area contributed by atoms with E-state index in [0.717, 1.165) is 12.8 Å². The molecule has 0 radical (unpaired) electrons. The molecule has 148 valence electrons. The predicted molar refractivity (Wildman–Crippen MR) is 109 cm³/mol. The third-order valence-electron chi connectivity index (χ3n) is 4.75. The van der Waals surface area contributed by atoms with Gasteiger partial charge in [0.05, 0.1) is 15.5 Å². The third kappa shape index (κ3) is 4.57. The van der Waals surface area contributed by atoms with Gasteiger partial charge in [-0.3, -0.25) is 15.1 Å². The second-order valence-corrected chi connectivity index (χ2v) is 9.15. The Labute approximate surface area is 168 Å². The van der Waals surface area contributed by atoms with Crippen molar-refractivity contribution in [1.82, 2.24) is 4.31 Å². The number of piperidine rings is 1. The molecule has 0 saturated carbocycles. The molecule has 1 heterocycles. The Bertz CT molecular complexity index is 998. The van der Waals surface area contributed by atoms with Crippen LogP contribution in [0.1, 0.15) is 25.3 Å². The second-order valence-electron chi connectivity index (χ2n) is 6.81. The summed E-state index contributed by atoms with van der Waals surface area (Å²) in [6.45, 7) is 3.21. The van der Waals surface area contributed by atoms with Crippen LogP contribution in [-0.2, 0) is 10.0 Å². The fourth-order valence-electron chi connectivity index (χ4n) is 2.98. The van der Waals surface area contributed by atoms with Crippen LogP contribution in [0.3, 0.4) is 0 Å². The van der Waals surface area contributed by atoms with Gasteiger partial charge in [0.1, 0.15) is 5.02 Å². The average Bonchev–Trinajstić information content (AvgIpc) is 2.68. The molecule has 0 N–H and O–H groups in total. The van der Waals surface area contributed by atoms with Gasteiger partial charge in [0.2, 0.25) is 10.0 Å². The molecule has 7 nitrogen and oxygen atoms in total. The molecule has 0 unspecified atom stereocenters. The van der Waals surface area contributed by atoms with Gasteiger partial charge in [-0.1, -0.05) is 24.6 Å². The molecule has 0 spiro atoms. The highest BCUT2D eigenvalue weighted by molar-refractivity contribution is 7.89. The van der Waals surface area contributed by atoms with Gasteiger partial charge in [0.25, 0.3) is 5.69 Å². The van der Waals surface area contributed by atoms with E-state index in [1.54, 1.807) is 18.2 Å². The van der Waals surface area contributed by atoms with E-state index >= 15 is 0 Å². The maximum absolute atomic E-state index is 12.7. The SMILES string of the molecule is CC1CCN(S(=O)(=O)c2ccc(N=Cc3ccc(Cl)c([N+](=O)[O-])c3)cc2)CC1. The fourth-order valence-corrected chi connectivity index (χ4v) is 4.63. The van der Waals surface area contributed by atoms with Crippen LogP contribution in [0, 0.1) is 16.0 Å². The molecule has 3 rings (SSSR count). The zero-order chi connectivity index (χ0) is 20.3. The van der Waals surface area contributed by atoms with E-state index in [2.05, 4.69) is 11.9 Å². The van der Waals surface area contributed by atoms with Crippen LogP contribution >= 0.6 is 11.6 Å². The number of hydrogen-bond donors (Lipinski definition) is 0. The summed E-state index contributed by atoms with van der Waals surface area (Å²) in [5, 5.41) is 11.0. The first kappa shape index (κ1) is 20.4. The molecule has 28 heavy (non-hydrogen) atoms. The topological polar surface area (TPSA) is 92.9 Å². The number of benzene rings is 2. The quantitative estimate of drug-likeness (QED) is 0.405. The first-order valence-electron chi connectivity index (χ1n) is 8.85. The Morgan fingerprint density at radius 1 is 1.18 bits per heavy atom. The van der Waals surface area contributed by atoms with Gasteiger partial charge >= 0.3 is 0 Å². The van der Waals surface area contributed by atoms with E-state index in [4.69, 9.17) is 11.6 Å². The molecule has 0 atom stereocenters. The van der Waals surface area contributed by atoms with Gasteiger partial charge in [0, 0.05) is 25.4 Å². The lowest BCUT2D eigenvalue weighted by atomic mass is 10.0. The molecule has 0 aliphatic carbocycles. The Hall–Kier alpha value is -2.29. The lowest BCUT2D eigenvalue weighted by Gasteiger charge is -2.29. The largest absolute Gasteiger partial charge is 0.288 e. The summed E-state index contributed by atoms with van der Waals surface area (Å²) in [7, 11) is -3.50. The molecule has 0 aromatic heterocycles. The minimum Gasteiger partial charge on any atom is -0.258 e. The Kier molecular flexibility index (Phi) is 6.12. The predicted octanol–water partition coefficient (Wildman–Crippen LogP) is 4.42. The van der Waals surface area contributed by atoms with Gasteiger partial charge in [-0.25, -0.2) is 8.42 Å². The van der Waals surface area contributed by atoms with E-state index in [1.807, 2.05) is 0 Å². The van der Waals surface area contributed by atoms with Gasteiger partial charge < -0.3 is 0 Å². The average molecular weight is 422 g/mol. The fraction of sp³-hybridized carbons (Fsp3) is 0.316. The maximum Gasteiger partial charge on any atom is 0.288 e. The summed E-state index contributed by atoms with van der Waals surface area (Å²) >= 11 is 5.79. The summed E-state index contributed by atoms with van der Waals surface area (Å²) in [5.74, 6) is 0.548. The molecule has 1 saturated heterocycles. The highest BCUT2D eigenvalue weighted by Gasteiger charge is 2.27. The molecule has 2 aromatic carbocycles. The number of nitrogens with zero attached hydrogens (tertiary/aromatic N) is 3. The highest BCUT2D eigenvalue weighted by atomic mass is 35.5. The summed E-state index contributed by atoms with van der Waals surface area (Å²) in [4.78, 5) is 14.9. The Morgan fingerprint density at radius 3 is 2.43 bits per heavy atom. The summed E-state index contributed by atoms with van der Waals surface area (Å²) in [5.41, 5.74) is 0.877. The molecule has 1 fully saturated rings. The van der Waals surface area contributed by atoms with Crippen LogP contribution in [0.5, 0.6) is 0 Å². The van der Waals surface area contributed by atoms with Crippen molar-refractivity contribution in [3.8, 4) is 0 Å². The van der Waals surface area contributed by atoms with Gasteiger partial charge in [-0.05, 0) is 54.7 Å². The number of aliphatic imine (C=N–C) groups is 1. The van der Waals surface area contributed by atoms with Crippen LogP contribution in [0.15, 0.2) is 52.4 Å². The molecular weight excluding hydrogens is 402 g/mol. The molecule has 9 heteroatoms. The van der Waals surface area contributed by atoms with Crippen molar-refractivity contribution in [2.45, 2.75) is 24.7 Å².